The van der Waals surface area contributed by atoms with Crippen molar-refractivity contribution in [2.45, 2.75) is 20.4 Å². The highest BCUT2D eigenvalue weighted by Crippen LogP contribution is 2.39. The van der Waals surface area contributed by atoms with Gasteiger partial charge in [-0.2, -0.15) is 10.5 Å². The third kappa shape index (κ3) is 2.64. The van der Waals surface area contributed by atoms with Crippen LogP contribution in [0.4, 0.5) is 5.82 Å². The number of para-hydroxylation sites is 3. The Kier molecular flexibility index (Phi) is 4.35. The number of rotatable bonds is 3. The minimum absolute atomic E-state index is 0.0390. The predicted molar refractivity (Wildman–Crippen MR) is 122 cm³/mol. The lowest BCUT2D eigenvalue weighted by molar-refractivity contribution is 0.797. The lowest BCUT2D eigenvalue weighted by atomic mass is 10.2. The van der Waals surface area contributed by atoms with Crippen molar-refractivity contribution in [1.29, 1.82) is 10.5 Å². The second-order valence-corrected chi connectivity index (χ2v) is 7.37. The Bertz CT molecular complexity index is 1610. The standard InChI is InChI=1S/C24H18N8/c1-3-31-19-11-7-5-9-15(19)29-23(31)20-21-24(30-17(13-26)16(12-25)28-21)32(22(20)27)18-10-6-4-8-14(18)2/h4-11H,3,27H2,1-2H3. The van der Waals surface area contributed by atoms with E-state index in [1.165, 1.54) is 0 Å². The zero-order valence-electron chi connectivity index (χ0n) is 17.5. The van der Waals surface area contributed by atoms with Crippen molar-refractivity contribution in [2.24, 2.45) is 0 Å². The zero-order valence-corrected chi connectivity index (χ0v) is 17.5. The van der Waals surface area contributed by atoms with Crippen molar-refractivity contribution < 1.29 is 0 Å². The summed E-state index contributed by atoms with van der Waals surface area (Å²) in [7, 11) is 0. The van der Waals surface area contributed by atoms with E-state index in [0.717, 1.165) is 22.3 Å². The third-order valence-electron chi connectivity index (χ3n) is 5.59. The first kappa shape index (κ1) is 19.3. The molecule has 8 nitrogen and oxygen atoms in total. The summed E-state index contributed by atoms with van der Waals surface area (Å²) in [6, 6.07) is 19.6. The average molecular weight is 418 g/mol. The first-order valence-corrected chi connectivity index (χ1v) is 10.1. The van der Waals surface area contributed by atoms with Gasteiger partial charge in [-0.3, -0.25) is 4.57 Å². The van der Waals surface area contributed by atoms with E-state index < -0.39 is 0 Å². The summed E-state index contributed by atoms with van der Waals surface area (Å²) in [6.07, 6.45) is 0. The Balaban J connectivity index is 1.97. The largest absolute Gasteiger partial charge is 0.384 e. The van der Waals surface area contributed by atoms with Crippen molar-refractivity contribution in [3.8, 4) is 29.2 Å². The van der Waals surface area contributed by atoms with Gasteiger partial charge in [-0.05, 0) is 37.6 Å². The van der Waals surface area contributed by atoms with Crippen molar-refractivity contribution in [3.05, 3.63) is 65.5 Å². The maximum atomic E-state index is 9.56. The molecule has 0 aliphatic rings. The Morgan fingerprint density at radius 3 is 2.34 bits per heavy atom. The maximum Gasteiger partial charge on any atom is 0.179 e. The van der Waals surface area contributed by atoms with Gasteiger partial charge in [0.15, 0.2) is 17.0 Å². The lowest BCUT2D eigenvalue weighted by Crippen LogP contribution is -2.05. The Morgan fingerprint density at radius 1 is 0.938 bits per heavy atom. The summed E-state index contributed by atoms with van der Waals surface area (Å²) >= 11 is 0. The van der Waals surface area contributed by atoms with Crippen molar-refractivity contribution in [1.82, 2.24) is 24.1 Å². The van der Waals surface area contributed by atoms with E-state index in [2.05, 4.69) is 14.5 Å². The van der Waals surface area contributed by atoms with Crippen LogP contribution in [0.3, 0.4) is 0 Å². The smallest absolute Gasteiger partial charge is 0.179 e. The van der Waals surface area contributed by atoms with Gasteiger partial charge in [0.2, 0.25) is 0 Å². The molecule has 5 aromatic rings. The molecule has 32 heavy (non-hydrogen) atoms. The van der Waals surface area contributed by atoms with E-state index in [4.69, 9.17) is 10.7 Å². The number of nitriles is 2. The number of hydrogen-bond donors (Lipinski definition) is 1. The number of nitrogen functional groups attached to an aromatic ring is 1. The van der Waals surface area contributed by atoms with Gasteiger partial charge in [0, 0.05) is 6.54 Å². The normalized spacial score (nSPS) is 11.0. The van der Waals surface area contributed by atoms with Gasteiger partial charge in [0.25, 0.3) is 0 Å². The molecule has 5 rings (SSSR count). The summed E-state index contributed by atoms with van der Waals surface area (Å²) in [5.41, 5.74) is 11.7. The van der Waals surface area contributed by atoms with Gasteiger partial charge in [0.05, 0.1) is 22.3 Å². The van der Waals surface area contributed by atoms with E-state index in [-0.39, 0.29) is 11.4 Å². The Morgan fingerprint density at radius 2 is 1.62 bits per heavy atom. The predicted octanol–water partition coefficient (Wildman–Crippen LogP) is 4.09. The fourth-order valence-electron chi connectivity index (χ4n) is 4.12. The summed E-state index contributed by atoms with van der Waals surface area (Å²) in [5, 5.41) is 19.1. The first-order valence-electron chi connectivity index (χ1n) is 10.1. The summed E-state index contributed by atoms with van der Waals surface area (Å²) in [5.74, 6) is 1.05. The van der Waals surface area contributed by atoms with Crippen molar-refractivity contribution >= 4 is 28.0 Å². The number of aryl methyl sites for hydroxylation is 2. The number of imidazole rings is 1. The van der Waals surface area contributed by atoms with Crippen LogP contribution in [0.2, 0.25) is 0 Å². The van der Waals surface area contributed by atoms with Crippen LogP contribution >= 0.6 is 0 Å². The van der Waals surface area contributed by atoms with Gasteiger partial charge in [-0.1, -0.05) is 30.3 Å². The van der Waals surface area contributed by atoms with E-state index in [1.807, 2.05) is 74.5 Å². The molecule has 0 aliphatic carbocycles. The number of nitrogens with two attached hydrogens (primary N) is 1. The number of anilines is 1. The molecule has 0 amide bonds. The lowest BCUT2D eigenvalue weighted by Gasteiger charge is -2.11. The molecule has 3 aromatic heterocycles. The van der Waals surface area contributed by atoms with Crippen LogP contribution in [0.5, 0.6) is 0 Å². The van der Waals surface area contributed by atoms with E-state index >= 15 is 0 Å². The molecule has 8 heteroatoms. The average Bonchev–Trinajstić information content (AvgIpc) is 3.31. The molecule has 2 N–H and O–H groups in total. The van der Waals surface area contributed by atoms with Gasteiger partial charge in [-0.25, -0.2) is 15.0 Å². The zero-order chi connectivity index (χ0) is 22.4. The second kappa shape index (κ2) is 7.22. The molecule has 0 spiro atoms. The van der Waals surface area contributed by atoms with Crippen LogP contribution in [-0.4, -0.2) is 24.1 Å². The van der Waals surface area contributed by atoms with Crippen LogP contribution in [-0.2, 0) is 6.54 Å². The molecule has 2 aromatic carbocycles. The van der Waals surface area contributed by atoms with Gasteiger partial charge >= 0.3 is 0 Å². The molecule has 0 aliphatic heterocycles. The Hall–Kier alpha value is -4.69. The minimum atomic E-state index is -0.0395. The molecule has 0 atom stereocenters. The van der Waals surface area contributed by atoms with E-state index in [0.29, 0.717) is 34.9 Å². The molecular weight excluding hydrogens is 400 g/mol. The molecule has 0 saturated heterocycles. The number of benzene rings is 2. The molecular formula is C24H18N8. The fraction of sp³-hybridized carbons (Fsp3) is 0.125. The van der Waals surface area contributed by atoms with Gasteiger partial charge in [-0.15, -0.1) is 0 Å². The van der Waals surface area contributed by atoms with Crippen LogP contribution in [0, 0.1) is 29.6 Å². The SMILES string of the molecule is CCn1c(-c2c(N)n(-c3ccccc3C)c3nc(C#N)c(C#N)nc23)nc2ccccc21. The monoisotopic (exact) mass is 418 g/mol. The summed E-state index contributed by atoms with van der Waals surface area (Å²) in [6.45, 7) is 4.68. The van der Waals surface area contributed by atoms with Gasteiger partial charge < -0.3 is 10.3 Å². The van der Waals surface area contributed by atoms with E-state index in [1.54, 1.807) is 4.57 Å². The van der Waals surface area contributed by atoms with Crippen LogP contribution in [0.15, 0.2) is 48.5 Å². The van der Waals surface area contributed by atoms with Gasteiger partial charge in [0.1, 0.15) is 29.3 Å². The number of aromatic nitrogens is 5. The number of nitrogens with zero attached hydrogens (tertiary/aromatic N) is 7. The molecule has 3 heterocycles. The van der Waals surface area contributed by atoms with Crippen molar-refractivity contribution in [2.75, 3.05) is 5.73 Å². The molecule has 0 radical (unpaired) electrons. The molecule has 0 unspecified atom stereocenters. The fourth-order valence-corrected chi connectivity index (χ4v) is 4.12. The molecule has 154 valence electrons. The van der Waals surface area contributed by atoms with Crippen LogP contribution < -0.4 is 5.73 Å². The quantitative estimate of drug-likeness (QED) is 0.471. The molecule has 0 bridgehead atoms. The van der Waals surface area contributed by atoms with Crippen LogP contribution in [0.1, 0.15) is 23.9 Å². The third-order valence-corrected chi connectivity index (χ3v) is 5.59. The van der Waals surface area contributed by atoms with Crippen LogP contribution in [0.25, 0.3) is 39.3 Å². The maximum absolute atomic E-state index is 9.56. The Labute approximate surface area is 183 Å². The topological polar surface area (TPSA) is 122 Å². The minimum Gasteiger partial charge on any atom is -0.384 e. The summed E-state index contributed by atoms with van der Waals surface area (Å²) < 4.78 is 3.85. The first-order chi connectivity index (χ1) is 15.6. The number of hydrogen-bond acceptors (Lipinski definition) is 6. The second-order valence-electron chi connectivity index (χ2n) is 7.37. The highest BCUT2D eigenvalue weighted by atomic mass is 15.2. The highest BCUT2D eigenvalue weighted by Gasteiger charge is 2.26. The number of fused-ring (bicyclic) bond motifs is 2. The van der Waals surface area contributed by atoms with Crippen molar-refractivity contribution in [3.63, 3.8) is 0 Å². The molecule has 0 saturated carbocycles. The molecule has 0 fully saturated rings. The summed E-state index contributed by atoms with van der Waals surface area (Å²) in [4.78, 5) is 13.9. The van der Waals surface area contributed by atoms with E-state index in [9.17, 15) is 10.5 Å². The highest BCUT2D eigenvalue weighted by molar-refractivity contribution is 6.00.